The normalized spacial score (nSPS) is 11.7. The Morgan fingerprint density at radius 3 is 2.32 bits per heavy atom. The van der Waals surface area contributed by atoms with Crippen LogP contribution in [0.25, 0.3) is 0 Å². The number of amides is 2. The lowest BCUT2D eigenvalue weighted by molar-refractivity contribution is -0.142. The van der Waals surface area contributed by atoms with Gasteiger partial charge in [0.2, 0.25) is 11.8 Å². The SMILES string of the molecule is CCCC(CNC(=O)CCCC(=O)N(C)C)C(=O)O. The Bertz CT molecular complexity index is 316. The predicted molar refractivity (Wildman–Crippen MR) is 71.6 cm³/mol. The summed E-state index contributed by atoms with van der Waals surface area (Å²) < 4.78 is 0. The summed E-state index contributed by atoms with van der Waals surface area (Å²) in [6.07, 6.45) is 2.38. The second-order valence-corrected chi connectivity index (χ2v) is 4.77. The molecule has 0 aromatic carbocycles. The van der Waals surface area contributed by atoms with Crippen molar-refractivity contribution in [3.05, 3.63) is 0 Å². The van der Waals surface area contributed by atoms with Gasteiger partial charge in [-0.3, -0.25) is 14.4 Å². The fraction of sp³-hybridized carbons (Fsp3) is 0.769. The van der Waals surface area contributed by atoms with Gasteiger partial charge in [0.15, 0.2) is 0 Å². The molecule has 0 fully saturated rings. The van der Waals surface area contributed by atoms with Crippen molar-refractivity contribution in [3.63, 3.8) is 0 Å². The van der Waals surface area contributed by atoms with Crippen LogP contribution in [0, 0.1) is 5.92 Å². The number of aliphatic carboxylic acids is 1. The fourth-order valence-corrected chi connectivity index (χ4v) is 1.61. The summed E-state index contributed by atoms with van der Waals surface area (Å²) in [4.78, 5) is 35.1. The third-order valence-corrected chi connectivity index (χ3v) is 2.83. The predicted octanol–water partition coefficient (Wildman–Crippen LogP) is 0.862. The second-order valence-electron chi connectivity index (χ2n) is 4.77. The Hall–Kier alpha value is -1.59. The first-order chi connectivity index (χ1) is 8.88. The number of hydrogen-bond acceptors (Lipinski definition) is 3. The van der Waals surface area contributed by atoms with Gasteiger partial charge < -0.3 is 15.3 Å². The molecule has 0 heterocycles. The summed E-state index contributed by atoms with van der Waals surface area (Å²) >= 11 is 0. The van der Waals surface area contributed by atoms with Crippen LogP contribution in [0.15, 0.2) is 0 Å². The molecule has 1 unspecified atom stereocenters. The third-order valence-electron chi connectivity index (χ3n) is 2.83. The Morgan fingerprint density at radius 2 is 1.84 bits per heavy atom. The molecule has 0 radical (unpaired) electrons. The van der Waals surface area contributed by atoms with Gasteiger partial charge in [-0.25, -0.2) is 0 Å². The number of carbonyl (C=O) groups excluding carboxylic acids is 2. The number of carbonyl (C=O) groups is 3. The van der Waals surface area contributed by atoms with Crippen molar-refractivity contribution in [2.45, 2.75) is 39.0 Å². The van der Waals surface area contributed by atoms with Gasteiger partial charge in [-0.2, -0.15) is 0 Å². The first-order valence-corrected chi connectivity index (χ1v) is 6.58. The minimum absolute atomic E-state index is 0.0119. The van der Waals surface area contributed by atoms with Gasteiger partial charge in [-0.05, 0) is 12.8 Å². The zero-order chi connectivity index (χ0) is 14.8. The smallest absolute Gasteiger partial charge is 0.308 e. The van der Waals surface area contributed by atoms with Gasteiger partial charge >= 0.3 is 5.97 Å². The monoisotopic (exact) mass is 272 g/mol. The van der Waals surface area contributed by atoms with Crippen molar-refractivity contribution in [1.29, 1.82) is 0 Å². The summed E-state index contributed by atoms with van der Waals surface area (Å²) in [5.41, 5.74) is 0. The van der Waals surface area contributed by atoms with E-state index in [0.29, 0.717) is 19.3 Å². The summed E-state index contributed by atoms with van der Waals surface area (Å²) in [6, 6.07) is 0. The molecular weight excluding hydrogens is 248 g/mol. The van der Waals surface area contributed by atoms with Crippen LogP contribution in [0.2, 0.25) is 0 Å². The molecule has 1 atom stereocenters. The van der Waals surface area contributed by atoms with Gasteiger partial charge in [0.05, 0.1) is 5.92 Å². The Labute approximate surface area is 114 Å². The highest BCUT2D eigenvalue weighted by molar-refractivity contribution is 5.79. The molecule has 0 aromatic rings. The van der Waals surface area contributed by atoms with E-state index in [0.717, 1.165) is 6.42 Å². The van der Waals surface area contributed by atoms with Crippen LogP contribution in [-0.4, -0.2) is 48.4 Å². The summed E-state index contributed by atoms with van der Waals surface area (Å²) in [5, 5.41) is 11.5. The van der Waals surface area contributed by atoms with Crippen LogP contribution in [0.4, 0.5) is 0 Å². The third kappa shape index (κ3) is 8.18. The zero-order valence-corrected chi connectivity index (χ0v) is 11.9. The molecule has 0 aromatic heterocycles. The van der Waals surface area contributed by atoms with E-state index in [1.807, 2.05) is 6.92 Å². The van der Waals surface area contributed by atoms with Gasteiger partial charge in [0, 0.05) is 33.5 Å². The van der Waals surface area contributed by atoms with Crippen molar-refractivity contribution < 1.29 is 19.5 Å². The molecule has 0 saturated heterocycles. The fourth-order valence-electron chi connectivity index (χ4n) is 1.61. The highest BCUT2D eigenvalue weighted by Gasteiger charge is 2.17. The minimum Gasteiger partial charge on any atom is -0.481 e. The van der Waals surface area contributed by atoms with Gasteiger partial charge in [0.1, 0.15) is 0 Å². The first-order valence-electron chi connectivity index (χ1n) is 6.58. The van der Waals surface area contributed by atoms with Crippen molar-refractivity contribution >= 4 is 17.8 Å². The lowest BCUT2D eigenvalue weighted by Crippen LogP contribution is -2.33. The Morgan fingerprint density at radius 1 is 1.21 bits per heavy atom. The van der Waals surface area contributed by atoms with Crippen LogP contribution >= 0.6 is 0 Å². The molecular formula is C13H24N2O4. The van der Waals surface area contributed by atoms with Crippen molar-refractivity contribution in [2.75, 3.05) is 20.6 Å². The summed E-state index contributed by atoms with van der Waals surface area (Å²) in [6.45, 7) is 2.06. The molecule has 0 aliphatic carbocycles. The Balaban J connectivity index is 3.86. The number of rotatable bonds is 9. The van der Waals surface area contributed by atoms with Crippen LogP contribution < -0.4 is 5.32 Å². The molecule has 0 saturated carbocycles. The molecule has 0 rings (SSSR count). The lowest BCUT2D eigenvalue weighted by atomic mass is 10.0. The number of carboxylic acid groups (broad SMARTS) is 1. The van der Waals surface area contributed by atoms with Gasteiger partial charge in [-0.15, -0.1) is 0 Å². The van der Waals surface area contributed by atoms with E-state index in [9.17, 15) is 14.4 Å². The first kappa shape index (κ1) is 17.4. The molecule has 0 aliphatic heterocycles. The molecule has 110 valence electrons. The number of nitrogens with one attached hydrogen (secondary N) is 1. The zero-order valence-electron chi connectivity index (χ0n) is 11.9. The molecule has 19 heavy (non-hydrogen) atoms. The van der Waals surface area contributed by atoms with E-state index in [1.54, 1.807) is 14.1 Å². The van der Waals surface area contributed by atoms with E-state index in [-0.39, 0.29) is 24.8 Å². The summed E-state index contributed by atoms with van der Waals surface area (Å²) in [7, 11) is 3.34. The van der Waals surface area contributed by atoms with E-state index in [2.05, 4.69) is 5.32 Å². The molecule has 0 spiro atoms. The van der Waals surface area contributed by atoms with Crippen LogP contribution in [0.1, 0.15) is 39.0 Å². The molecule has 0 bridgehead atoms. The number of nitrogens with zero attached hydrogens (tertiary/aromatic N) is 1. The highest BCUT2D eigenvalue weighted by Crippen LogP contribution is 2.05. The largest absolute Gasteiger partial charge is 0.481 e. The van der Waals surface area contributed by atoms with E-state index in [1.165, 1.54) is 4.90 Å². The maximum atomic E-state index is 11.5. The standard InChI is InChI=1S/C13H24N2O4/c1-4-6-10(13(18)19)9-14-11(16)7-5-8-12(17)15(2)3/h10H,4-9H2,1-3H3,(H,14,16)(H,18,19). The number of carboxylic acids is 1. The molecule has 0 aliphatic rings. The summed E-state index contributed by atoms with van der Waals surface area (Å²) in [5.74, 6) is -1.63. The van der Waals surface area contributed by atoms with Crippen molar-refractivity contribution in [2.24, 2.45) is 5.92 Å². The van der Waals surface area contributed by atoms with Gasteiger partial charge in [0.25, 0.3) is 0 Å². The van der Waals surface area contributed by atoms with Crippen LogP contribution in [0.3, 0.4) is 0 Å². The number of hydrogen-bond donors (Lipinski definition) is 2. The molecule has 6 heteroatoms. The van der Waals surface area contributed by atoms with Crippen molar-refractivity contribution in [1.82, 2.24) is 10.2 Å². The topological polar surface area (TPSA) is 86.7 Å². The highest BCUT2D eigenvalue weighted by atomic mass is 16.4. The van der Waals surface area contributed by atoms with E-state index < -0.39 is 11.9 Å². The van der Waals surface area contributed by atoms with Crippen LogP contribution in [-0.2, 0) is 14.4 Å². The minimum atomic E-state index is -0.884. The maximum absolute atomic E-state index is 11.5. The Kier molecular flexibility index (Phi) is 8.57. The average molecular weight is 272 g/mol. The maximum Gasteiger partial charge on any atom is 0.308 e. The average Bonchev–Trinajstić information content (AvgIpc) is 2.33. The van der Waals surface area contributed by atoms with E-state index in [4.69, 9.17) is 5.11 Å². The van der Waals surface area contributed by atoms with Gasteiger partial charge in [-0.1, -0.05) is 13.3 Å². The van der Waals surface area contributed by atoms with Crippen molar-refractivity contribution in [3.8, 4) is 0 Å². The molecule has 6 nitrogen and oxygen atoms in total. The molecule has 2 amide bonds. The van der Waals surface area contributed by atoms with Crippen LogP contribution in [0.5, 0.6) is 0 Å². The lowest BCUT2D eigenvalue weighted by Gasteiger charge is -2.12. The quantitative estimate of drug-likeness (QED) is 0.652. The van der Waals surface area contributed by atoms with E-state index >= 15 is 0 Å². The second kappa shape index (κ2) is 9.35. The molecule has 2 N–H and O–H groups in total.